The molecular formula is C25H37FN6O3. The van der Waals surface area contributed by atoms with Gasteiger partial charge in [0.05, 0.1) is 30.5 Å². The van der Waals surface area contributed by atoms with Crippen molar-refractivity contribution in [3.63, 3.8) is 0 Å². The molecule has 1 aromatic rings. The number of amides is 2. The minimum atomic E-state index is -0.366. The van der Waals surface area contributed by atoms with Crippen LogP contribution >= 0.6 is 0 Å². The van der Waals surface area contributed by atoms with Crippen molar-refractivity contribution < 1.29 is 18.7 Å². The predicted molar refractivity (Wildman–Crippen MR) is 131 cm³/mol. The minimum absolute atomic E-state index is 0.122. The first-order chi connectivity index (χ1) is 16.8. The maximum Gasteiger partial charge on any atom is 0.273 e. The van der Waals surface area contributed by atoms with Gasteiger partial charge in [-0.15, -0.1) is 5.12 Å². The second kappa shape index (κ2) is 10.9. The van der Waals surface area contributed by atoms with Crippen LogP contribution in [0.2, 0.25) is 0 Å². The summed E-state index contributed by atoms with van der Waals surface area (Å²) in [5.74, 6) is -0.319. The lowest BCUT2D eigenvalue weighted by Gasteiger charge is -2.40. The summed E-state index contributed by atoms with van der Waals surface area (Å²) < 4.78 is 19.9. The lowest BCUT2D eigenvalue weighted by atomic mass is 9.92. The number of ether oxygens (including phenoxy) is 1. The SMILES string of the molecule is CC1=C(C(=O)N(CC(C)C)[C@@H]2CNC[C@H](C(=O)N3CCOCC3)C2)NN(C)N1c1ccccc1F. The maximum atomic E-state index is 14.5. The number of nitrogens with one attached hydrogen (secondary N) is 2. The van der Waals surface area contributed by atoms with Gasteiger partial charge in [0.15, 0.2) is 0 Å². The number of anilines is 1. The fraction of sp³-hybridized carbons (Fsp3) is 0.600. The van der Waals surface area contributed by atoms with Crippen molar-refractivity contribution in [2.75, 3.05) is 58.0 Å². The number of hydrogen-bond acceptors (Lipinski definition) is 7. The fourth-order valence-corrected chi connectivity index (χ4v) is 5.11. The van der Waals surface area contributed by atoms with Gasteiger partial charge in [0.1, 0.15) is 11.5 Å². The molecule has 3 aliphatic heterocycles. The van der Waals surface area contributed by atoms with Gasteiger partial charge < -0.3 is 19.9 Å². The molecule has 0 unspecified atom stereocenters. The van der Waals surface area contributed by atoms with E-state index in [0.717, 1.165) is 0 Å². The zero-order valence-corrected chi connectivity index (χ0v) is 21.1. The highest BCUT2D eigenvalue weighted by Gasteiger charge is 2.39. The van der Waals surface area contributed by atoms with E-state index in [1.54, 1.807) is 35.4 Å². The van der Waals surface area contributed by atoms with Gasteiger partial charge in [0.25, 0.3) is 5.91 Å². The van der Waals surface area contributed by atoms with Crippen molar-refractivity contribution in [3.05, 3.63) is 41.5 Å². The number of para-hydroxylation sites is 1. The van der Waals surface area contributed by atoms with E-state index in [9.17, 15) is 14.0 Å². The third kappa shape index (κ3) is 5.44. The van der Waals surface area contributed by atoms with Crippen LogP contribution in [0.25, 0.3) is 0 Å². The lowest BCUT2D eigenvalue weighted by molar-refractivity contribution is -0.142. The number of hydrazine groups is 2. The average molecular weight is 489 g/mol. The molecule has 0 bridgehead atoms. The Morgan fingerprint density at radius 1 is 1.20 bits per heavy atom. The smallest absolute Gasteiger partial charge is 0.273 e. The largest absolute Gasteiger partial charge is 0.378 e. The van der Waals surface area contributed by atoms with Crippen LogP contribution in [0.3, 0.4) is 0 Å². The molecule has 3 heterocycles. The molecule has 0 saturated carbocycles. The molecule has 2 atom stereocenters. The third-order valence-corrected chi connectivity index (χ3v) is 6.81. The first-order valence-corrected chi connectivity index (χ1v) is 12.4. The van der Waals surface area contributed by atoms with E-state index in [1.165, 1.54) is 6.07 Å². The summed E-state index contributed by atoms with van der Waals surface area (Å²) in [5, 5.41) is 6.68. The monoisotopic (exact) mass is 488 g/mol. The summed E-state index contributed by atoms with van der Waals surface area (Å²) in [6.45, 7) is 10.1. The van der Waals surface area contributed by atoms with E-state index >= 15 is 0 Å². The molecule has 0 spiro atoms. The molecule has 0 radical (unpaired) electrons. The van der Waals surface area contributed by atoms with Crippen LogP contribution in [0.1, 0.15) is 27.2 Å². The van der Waals surface area contributed by atoms with Crippen molar-refractivity contribution in [2.45, 2.75) is 33.2 Å². The summed E-state index contributed by atoms with van der Waals surface area (Å²) in [7, 11) is 1.75. The van der Waals surface area contributed by atoms with Crippen molar-refractivity contribution in [2.24, 2.45) is 11.8 Å². The number of morpholine rings is 1. The van der Waals surface area contributed by atoms with Gasteiger partial charge >= 0.3 is 0 Å². The second-order valence-corrected chi connectivity index (χ2v) is 9.89. The molecule has 3 aliphatic rings. The van der Waals surface area contributed by atoms with Crippen molar-refractivity contribution >= 4 is 17.5 Å². The van der Waals surface area contributed by atoms with Gasteiger partial charge in [-0.1, -0.05) is 26.0 Å². The Morgan fingerprint density at radius 2 is 1.91 bits per heavy atom. The van der Waals surface area contributed by atoms with Crippen LogP contribution in [-0.2, 0) is 14.3 Å². The quantitative estimate of drug-likeness (QED) is 0.629. The molecule has 2 fully saturated rings. The zero-order valence-electron chi connectivity index (χ0n) is 21.1. The number of hydrogen-bond donors (Lipinski definition) is 2. The summed E-state index contributed by atoms with van der Waals surface area (Å²) in [6, 6.07) is 6.37. The van der Waals surface area contributed by atoms with Gasteiger partial charge in [0, 0.05) is 45.8 Å². The van der Waals surface area contributed by atoms with Gasteiger partial charge in [0.2, 0.25) is 5.91 Å². The van der Waals surface area contributed by atoms with E-state index in [1.807, 2.05) is 16.7 Å². The van der Waals surface area contributed by atoms with E-state index in [-0.39, 0.29) is 35.5 Å². The minimum Gasteiger partial charge on any atom is -0.378 e. The van der Waals surface area contributed by atoms with E-state index in [4.69, 9.17) is 4.74 Å². The van der Waals surface area contributed by atoms with Crippen molar-refractivity contribution in [3.8, 4) is 0 Å². The topological polar surface area (TPSA) is 80.4 Å². The zero-order chi connectivity index (χ0) is 25.1. The Hall–Kier alpha value is -2.69. The number of piperidine rings is 1. The first kappa shape index (κ1) is 25.4. The summed E-state index contributed by atoms with van der Waals surface area (Å²) in [5.41, 5.74) is 4.54. The molecule has 2 N–H and O–H groups in total. The van der Waals surface area contributed by atoms with Crippen molar-refractivity contribution in [1.29, 1.82) is 0 Å². The third-order valence-electron chi connectivity index (χ3n) is 6.81. The molecule has 0 aromatic heterocycles. The molecule has 9 nitrogen and oxygen atoms in total. The lowest BCUT2D eigenvalue weighted by Crippen LogP contribution is -2.56. The van der Waals surface area contributed by atoms with Crippen LogP contribution in [0.15, 0.2) is 35.7 Å². The standard InChI is InChI=1S/C25H37FN6O3/c1-17(2)16-31(20-13-19(14-27-15-20)24(33)30-9-11-35-12-10-30)25(34)23-18(3)32(29(4)28-23)22-8-6-5-7-21(22)26/h5-8,17,19-20,27-28H,9-16H2,1-4H3/t19-,20+/m1/s1. The van der Waals surface area contributed by atoms with Crippen LogP contribution in [0.4, 0.5) is 10.1 Å². The van der Waals surface area contributed by atoms with Crippen LogP contribution in [-0.4, -0.2) is 85.8 Å². The summed E-state index contributed by atoms with van der Waals surface area (Å²) in [4.78, 5) is 30.8. The molecule has 2 amide bonds. The Morgan fingerprint density at radius 3 is 2.60 bits per heavy atom. The number of carbonyl (C=O) groups excluding carboxylic acids is 2. The summed E-state index contributed by atoms with van der Waals surface area (Å²) in [6.07, 6.45) is 0.612. The number of carbonyl (C=O) groups is 2. The highest BCUT2D eigenvalue weighted by Crippen LogP contribution is 2.30. The normalized spacial score (nSPS) is 23.6. The predicted octanol–water partition coefficient (Wildman–Crippen LogP) is 1.55. The highest BCUT2D eigenvalue weighted by molar-refractivity contribution is 5.95. The molecule has 192 valence electrons. The van der Waals surface area contributed by atoms with Crippen LogP contribution in [0, 0.1) is 17.7 Å². The van der Waals surface area contributed by atoms with E-state index in [2.05, 4.69) is 24.6 Å². The summed E-state index contributed by atoms with van der Waals surface area (Å²) >= 11 is 0. The van der Waals surface area contributed by atoms with Gasteiger partial charge in [-0.2, -0.15) is 0 Å². The Labute approximate surface area is 206 Å². The van der Waals surface area contributed by atoms with Crippen molar-refractivity contribution in [1.82, 2.24) is 25.7 Å². The number of nitrogens with zero attached hydrogens (tertiary/aromatic N) is 4. The molecule has 35 heavy (non-hydrogen) atoms. The highest BCUT2D eigenvalue weighted by atomic mass is 19.1. The van der Waals surface area contributed by atoms with Gasteiger partial charge in [-0.05, 0) is 31.4 Å². The molecule has 1 aromatic carbocycles. The number of allylic oxidation sites excluding steroid dienone is 1. The molecule has 4 rings (SSSR count). The Balaban J connectivity index is 1.55. The van der Waals surface area contributed by atoms with Crippen LogP contribution in [0.5, 0.6) is 0 Å². The van der Waals surface area contributed by atoms with E-state index < -0.39 is 0 Å². The average Bonchev–Trinajstić information content (AvgIpc) is 3.16. The van der Waals surface area contributed by atoms with Crippen LogP contribution < -0.4 is 15.8 Å². The molecule has 0 aliphatic carbocycles. The Bertz CT molecular complexity index is 964. The first-order valence-electron chi connectivity index (χ1n) is 12.4. The maximum absolute atomic E-state index is 14.5. The molecular weight excluding hydrogens is 451 g/mol. The Kier molecular flexibility index (Phi) is 7.93. The number of halogens is 1. The number of benzene rings is 1. The molecule has 10 heteroatoms. The van der Waals surface area contributed by atoms with Gasteiger partial charge in [-0.3, -0.25) is 20.0 Å². The fourth-order valence-electron chi connectivity index (χ4n) is 5.11. The molecule has 2 saturated heterocycles. The van der Waals surface area contributed by atoms with Gasteiger partial charge in [-0.25, -0.2) is 4.39 Å². The second-order valence-electron chi connectivity index (χ2n) is 9.89. The van der Waals surface area contributed by atoms with E-state index in [0.29, 0.717) is 69.4 Å². The number of rotatable bonds is 6.